The molecule has 0 atom stereocenters. The predicted octanol–water partition coefficient (Wildman–Crippen LogP) is 2.12. The van der Waals surface area contributed by atoms with Crippen LogP contribution in [0.5, 0.6) is 0 Å². The van der Waals surface area contributed by atoms with Gasteiger partial charge in [0.05, 0.1) is 12.1 Å². The minimum atomic E-state index is -0.338. The maximum Gasteiger partial charge on any atom is 0.233 e. The van der Waals surface area contributed by atoms with E-state index in [9.17, 15) is 9.59 Å². The number of ketones is 1. The Morgan fingerprint density at radius 3 is 2.94 bits per heavy atom. The summed E-state index contributed by atoms with van der Waals surface area (Å²) in [6, 6.07) is 3.71. The van der Waals surface area contributed by atoms with Crippen LogP contribution < -0.4 is 5.32 Å². The smallest absolute Gasteiger partial charge is 0.233 e. The maximum atomic E-state index is 11.4. The highest BCUT2D eigenvalue weighted by Crippen LogP contribution is 2.23. The third-order valence-electron chi connectivity index (χ3n) is 2.12. The van der Waals surface area contributed by atoms with Crippen molar-refractivity contribution in [2.24, 2.45) is 0 Å². The molecule has 0 saturated heterocycles. The standard InChI is InChI=1S/C12H11N3O2S/c1-8(16)5-11(17)15-12-14-10(7-18-12)9-3-2-4-13-6-9/h2-4,6-7H,5H2,1H3,(H,14,15,17). The van der Waals surface area contributed by atoms with Gasteiger partial charge in [-0.1, -0.05) is 0 Å². The van der Waals surface area contributed by atoms with Crippen LogP contribution in [0, 0.1) is 0 Å². The van der Waals surface area contributed by atoms with E-state index in [1.807, 2.05) is 17.5 Å². The zero-order valence-electron chi connectivity index (χ0n) is 9.71. The van der Waals surface area contributed by atoms with E-state index in [4.69, 9.17) is 0 Å². The number of hydrogen-bond acceptors (Lipinski definition) is 5. The van der Waals surface area contributed by atoms with E-state index < -0.39 is 0 Å². The molecule has 2 heterocycles. The van der Waals surface area contributed by atoms with Crippen LogP contribution in [0.4, 0.5) is 5.13 Å². The Balaban J connectivity index is 2.07. The van der Waals surface area contributed by atoms with Crippen molar-refractivity contribution >= 4 is 28.2 Å². The summed E-state index contributed by atoms with van der Waals surface area (Å²) in [5.41, 5.74) is 1.65. The highest BCUT2D eigenvalue weighted by atomic mass is 32.1. The number of nitrogens with zero attached hydrogens (tertiary/aromatic N) is 2. The summed E-state index contributed by atoms with van der Waals surface area (Å²) in [5.74, 6) is -0.508. The van der Waals surface area contributed by atoms with E-state index in [0.717, 1.165) is 11.3 Å². The largest absolute Gasteiger partial charge is 0.302 e. The first kappa shape index (κ1) is 12.4. The summed E-state index contributed by atoms with van der Waals surface area (Å²) < 4.78 is 0. The lowest BCUT2D eigenvalue weighted by atomic mass is 10.2. The van der Waals surface area contributed by atoms with Crippen LogP contribution in [-0.2, 0) is 9.59 Å². The van der Waals surface area contributed by atoms with Crippen molar-refractivity contribution in [3.8, 4) is 11.3 Å². The number of amides is 1. The van der Waals surface area contributed by atoms with E-state index in [2.05, 4.69) is 15.3 Å². The lowest BCUT2D eigenvalue weighted by Gasteiger charge is -1.98. The summed E-state index contributed by atoms with van der Waals surface area (Å²) >= 11 is 1.32. The van der Waals surface area contributed by atoms with Gasteiger partial charge in [0.2, 0.25) is 5.91 Å². The van der Waals surface area contributed by atoms with Gasteiger partial charge in [-0.05, 0) is 19.1 Å². The van der Waals surface area contributed by atoms with Gasteiger partial charge in [-0.3, -0.25) is 14.6 Å². The first-order chi connectivity index (χ1) is 8.65. The highest BCUT2D eigenvalue weighted by Gasteiger charge is 2.09. The van der Waals surface area contributed by atoms with Gasteiger partial charge in [-0.2, -0.15) is 0 Å². The van der Waals surface area contributed by atoms with Crippen LogP contribution in [0.15, 0.2) is 29.9 Å². The summed E-state index contributed by atoms with van der Waals surface area (Å²) in [4.78, 5) is 30.4. The molecule has 0 bridgehead atoms. The van der Waals surface area contributed by atoms with Crippen LogP contribution in [-0.4, -0.2) is 21.7 Å². The van der Waals surface area contributed by atoms with Crippen LogP contribution in [0.1, 0.15) is 13.3 Å². The van der Waals surface area contributed by atoms with Crippen molar-refractivity contribution in [3.63, 3.8) is 0 Å². The molecule has 92 valence electrons. The van der Waals surface area contributed by atoms with Gasteiger partial charge >= 0.3 is 0 Å². The number of anilines is 1. The molecule has 2 rings (SSSR count). The van der Waals surface area contributed by atoms with Gasteiger partial charge in [-0.15, -0.1) is 11.3 Å². The van der Waals surface area contributed by atoms with Gasteiger partial charge in [0, 0.05) is 23.3 Å². The minimum absolute atomic E-state index is 0.123. The van der Waals surface area contributed by atoms with Crippen LogP contribution in [0.2, 0.25) is 0 Å². The number of rotatable bonds is 4. The van der Waals surface area contributed by atoms with Crippen molar-refractivity contribution in [1.82, 2.24) is 9.97 Å². The number of pyridine rings is 1. The second-order valence-corrected chi connectivity index (χ2v) is 4.56. The predicted molar refractivity (Wildman–Crippen MR) is 69.3 cm³/mol. The fourth-order valence-corrected chi connectivity index (χ4v) is 2.10. The van der Waals surface area contributed by atoms with E-state index in [1.54, 1.807) is 12.4 Å². The molecule has 0 unspecified atom stereocenters. The second kappa shape index (κ2) is 5.50. The average Bonchev–Trinajstić information content (AvgIpc) is 2.77. The van der Waals surface area contributed by atoms with E-state index >= 15 is 0 Å². The molecule has 0 aliphatic heterocycles. The molecule has 0 aromatic carbocycles. The molecule has 0 saturated carbocycles. The molecule has 0 spiro atoms. The van der Waals surface area contributed by atoms with Crippen molar-refractivity contribution in [2.45, 2.75) is 13.3 Å². The number of carbonyl (C=O) groups is 2. The molecule has 2 aromatic rings. The average molecular weight is 261 g/mol. The Kier molecular flexibility index (Phi) is 3.78. The van der Waals surface area contributed by atoms with Crippen LogP contribution in [0.3, 0.4) is 0 Å². The third kappa shape index (κ3) is 3.21. The molecule has 2 aromatic heterocycles. The molecule has 0 aliphatic carbocycles. The maximum absolute atomic E-state index is 11.4. The molecule has 1 N–H and O–H groups in total. The number of thiazole rings is 1. The molecular weight excluding hydrogens is 250 g/mol. The van der Waals surface area contributed by atoms with Gasteiger partial charge in [0.1, 0.15) is 5.78 Å². The molecule has 0 radical (unpaired) electrons. The first-order valence-electron chi connectivity index (χ1n) is 5.30. The number of aromatic nitrogens is 2. The van der Waals surface area contributed by atoms with E-state index in [-0.39, 0.29) is 18.1 Å². The summed E-state index contributed by atoms with van der Waals surface area (Å²) in [5, 5.41) is 4.91. The highest BCUT2D eigenvalue weighted by molar-refractivity contribution is 7.14. The Labute approximate surface area is 108 Å². The van der Waals surface area contributed by atoms with Crippen molar-refractivity contribution in [2.75, 3.05) is 5.32 Å². The van der Waals surface area contributed by atoms with E-state index in [0.29, 0.717) is 5.13 Å². The summed E-state index contributed by atoms with van der Waals surface area (Å²) in [6.45, 7) is 1.38. The normalized spacial score (nSPS) is 10.1. The van der Waals surface area contributed by atoms with Gasteiger partial charge < -0.3 is 5.32 Å². The zero-order valence-corrected chi connectivity index (χ0v) is 10.5. The van der Waals surface area contributed by atoms with Gasteiger partial charge in [-0.25, -0.2) is 4.98 Å². The lowest BCUT2D eigenvalue weighted by molar-refractivity contribution is -0.124. The molecule has 0 aliphatic rings. The number of Topliss-reactive ketones (excluding diaryl/α,β-unsaturated/α-hetero) is 1. The Bertz CT molecular complexity index is 566. The Hall–Kier alpha value is -2.08. The van der Waals surface area contributed by atoms with E-state index in [1.165, 1.54) is 18.3 Å². The molecule has 5 nitrogen and oxygen atoms in total. The minimum Gasteiger partial charge on any atom is -0.302 e. The zero-order chi connectivity index (χ0) is 13.0. The summed E-state index contributed by atoms with van der Waals surface area (Å²) in [7, 11) is 0. The van der Waals surface area contributed by atoms with Gasteiger partial charge in [0.15, 0.2) is 5.13 Å². The van der Waals surface area contributed by atoms with Crippen molar-refractivity contribution in [1.29, 1.82) is 0 Å². The molecule has 1 amide bonds. The Morgan fingerprint density at radius 2 is 2.28 bits per heavy atom. The number of hydrogen-bond donors (Lipinski definition) is 1. The number of nitrogens with one attached hydrogen (secondary N) is 1. The topological polar surface area (TPSA) is 72.0 Å². The fraction of sp³-hybridized carbons (Fsp3) is 0.167. The van der Waals surface area contributed by atoms with Crippen LogP contribution >= 0.6 is 11.3 Å². The van der Waals surface area contributed by atoms with Crippen molar-refractivity contribution < 1.29 is 9.59 Å². The molecule has 18 heavy (non-hydrogen) atoms. The monoisotopic (exact) mass is 261 g/mol. The fourth-order valence-electron chi connectivity index (χ4n) is 1.37. The molecule has 0 fully saturated rings. The van der Waals surface area contributed by atoms with Crippen LogP contribution in [0.25, 0.3) is 11.3 Å². The second-order valence-electron chi connectivity index (χ2n) is 3.71. The Morgan fingerprint density at radius 1 is 1.44 bits per heavy atom. The quantitative estimate of drug-likeness (QED) is 0.856. The van der Waals surface area contributed by atoms with Gasteiger partial charge in [0.25, 0.3) is 0 Å². The third-order valence-corrected chi connectivity index (χ3v) is 2.88. The SMILES string of the molecule is CC(=O)CC(=O)Nc1nc(-c2cccnc2)cs1. The molecular formula is C12H11N3O2S. The summed E-state index contributed by atoms with van der Waals surface area (Å²) in [6.07, 6.45) is 3.27. The lowest BCUT2D eigenvalue weighted by Crippen LogP contribution is -2.14. The van der Waals surface area contributed by atoms with Crippen molar-refractivity contribution in [3.05, 3.63) is 29.9 Å². The number of carbonyl (C=O) groups excluding carboxylic acids is 2. The molecule has 6 heteroatoms. The first-order valence-corrected chi connectivity index (χ1v) is 6.18.